The monoisotopic (exact) mass is 260 g/mol. The van der Waals surface area contributed by atoms with E-state index >= 15 is 0 Å². The zero-order valence-corrected chi connectivity index (χ0v) is 10.6. The molecule has 4 heteroatoms. The number of hydrogen-bond acceptors (Lipinski definition) is 3. The molecular weight excluding hydrogens is 247 g/mol. The van der Waals surface area contributed by atoms with Crippen LogP contribution in [0.5, 0.6) is 0 Å². The lowest BCUT2D eigenvalue weighted by Crippen LogP contribution is -2.16. The number of nitriles is 1. The second-order valence-electron chi connectivity index (χ2n) is 3.93. The van der Waals surface area contributed by atoms with Gasteiger partial charge in [-0.3, -0.25) is 0 Å². The van der Waals surface area contributed by atoms with Gasteiger partial charge >= 0.3 is 0 Å². The van der Waals surface area contributed by atoms with Gasteiger partial charge < -0.3 is 5.32 Å². The van der Waals surface area contributed by atoms with Crippen LogP contribution in [0.2, 0.25) is 0 Å². The molecule has 1 aromatic heterocycles. The molecule has 1 N–H and O–H groups in total. The predicted molar refractivity (Wildman–Crippen MR) is 70.8 cm³/mol. The van der Waals surface area contributed by atoms with Gasteiger partial charge in [-0.25, -0.2) is 4.39 Å². The van der Waals surface area contributed by atoms with Gasteiger partial charge in [0.2, 0.25) is 0 Å². The van der Waals surface area contributed by atoms with E-state index in [2.05, 4.69) is 16.8 Å². The molecule has 0 saturated carbocycles. The molecule has 0 radical (unpaired) electrons. The van der Waals surface area contributed by atoms with Gasteiger partial charge in [0.25, 0.3) is 0 Å². The molecule has 0 aliphatic rings. The highest BCUT2D eigenvalue weighted by Crippen LogP contribution is 2.10. The molecule has 0 spiro atoms. The van der Waals surface area contributed by atoms with E-state index < -0.39 is 5.82 Å². The first-order chi connectivity index (χ1) is 8.79. The molecule has 0 fully saturated rings. The van der Waals surface area contributed by atoms with Crippen molar-refractivity contribution in [1.82, 2.24) is 5.32 Å². The molecule has 0 saturated heterocycles. The first-order valence-corrected chi connectivity index (χ1v) is 6.59. The Kier molecular flexibility index (Phi) is 4.46. The zero-order chi connectivity index (χ0) is 12.8. The van der Waals surface area contributed by atoms with Crippen LogP contribution in [0.15, 0.2) is 35.7 Å². The molecule has 1 heterocycles. The first kappa shape index (κ1) is 12.7. The largest absolute Gasteiger partial charge is 0.312 e. The van der Waals surface area contributed by atoms with Crippen LogP contribution in [0.25, 0.3) is 0 Å². The molecule has 0 atom stereocenters. The van der Waals surface area contributed by atoms with Crippen LogP contribution < -0.4 is 5.32 Å². The maximum absolute atomic E-state index is 13.1. The molecule has 0 aliphatic carbocycles. The highest BCUT2D eigenvalue weighted by Gasteiger charge is 2.02. The van der Waals surface area contributed by atoms with Gasteiger partial charge in [-0.05, 0) is 35.6 Å². The maximum atomic E-state index is 13.1. The Labute approximate surface area is 110 Å². The number of thiophene rings is 1. The van der Waals surface area contributed by atoms with Crippen molar-refractivity contribution < 1.29 is 4.39 Å². The smallest absolute Gasteiger partial charge is 0.140 e. The van der Waals surface area contributed by atoms with E-state index in [1.807, 2.05) is 12.1 Å². The molecular formula is C14H13FN2S. The van der Waals surface area contributed by atoms with Gasteiger partial charge in [0, 0.05) is 18.0 Å². The predicted octanol–water partition coefficient (Wildman–Crippen LogP) is 3.09. The van der Waals surface area contributed by atoms with E-state index in [1.165, 1.54) is 10.9 Å². The molecule has 0 amide bonds. The number of halogens is 1. The van der Waals surface area contributed by atoms with Crippen molar-refractivity contribution in [1.29, 1.82) is 5.26 Å². The molecule has 18 heavy (non-hydrogen) atoms. The lowest BCUT2D eigenvalue weighted by molar-refractivity contribution is 0.621. The van der Waals surface area contributed by atoms with Crippen molar-refractivity contribution >= 4 is 11.3 Å². The Morgan fingerprint density at radius 1 is 1.33 bits per heavy atom. The maximum Gasteiger partial charge on any atom is 0.140 e. The van der Waals surface area contributed by atoms with Gasteiger partial charge in [-0.2, -0.15) is 5.26 Å². The average Bonchev–Trinajstić information content (AvgIpc) is 2.89. The van der Waals surface area contributed by atoms with Gasteiger partial charge in [-0.15, -0.1) is 11.3 Å². The summed E-state index contributed by atoms with van der Waals surface area (Å²) in [6.45, 7) is 1.53. The third kappa shape index (κ3) is 3.39. The summed E-state index contributed by atoms with van der Waals surface area (Å²) >= 11 is 1.74. The third-order valence-corrected chi connectivity index (χ3v) is 3.54. The number of hydrogen-bond donors (Lipinski definition) is 1. The Bertz CT molecular complexity index is 543. The fourth-order valence-corrected chi connectivity index (χ4v) is 2.38. The van der Waals surface area contributed by atoms with Gasteiger partial charge in [0.05, 0.1) is 5.56 Å². The second kappa shape index (κ2) is 6.29. The minimum Gasteiger partial charge on any atom is -0.312 e. The van der Waals surface area contributed by atoms with E-state index in [-0.39, 0.29) is 5.56 Å². The van der Waals surface area contributed by atoms with E-state index in [4.69, 9.17) is 5.26 Å². The van der Waals surface area contributed by atoms with Crippen molar-refractivity contribution in [2.45, 2.75) is 13.0 Å². The molecule has 1 aromatic carbocycles. The number of nitrogens with zero attached hydrogens (tertiary/aromatic N) is 1. The Morgan fingerprint density at radius 2 is 2.22 bits per heavy atom. The minimum absolute atomic E-state index is 0.104. The third-order valence-electron chi connectivity index (χ3n) is 2.61. The van der Waals surface area contributed by atoms with Gasteiger partial charge in [0.1, 0.15) is 11.9 Å². The summed E-state index contributed by atoms with van der Waals surface area (Å²) < 4.78 is 13.1. The normalized spacial score (nSPS) is 10.2. The molecule has 0 unspecified atom stereocenters. The number of nitrogens with one attached hydrogen (secondary N) is 1. The summed E-state index contributed by atoms with van der Waals surface area (Å²) in [5.74, 6) is -0.458. The standard InChI is InChI=1S/C14H13FN2S/c15-14-4-3-11(8-12(14)9-16)10-17-6-5-13-2-1-7-18-13/h1-4,7-8,17H,5-6,10H2. The summed E-state index contributed by atoms with van der Waals surface area (Å²) in [6, 6.07) is 10.6. The molecule has 2 aromatic rings. The summed E-state index contributed by atoms with van der Waals surface area (Å²) in [7, 11) is 0. The topological polar surface area (TPSA) is 35.8 Å². The van der Waals surface area contributed by atoms with E-state index in [9.17, 15) is 4.39 Å². The highest BCUT2D eigenvalue weighted by atomic mass is 32.1. The Morgan fingerprint density at radius 3 is 2.94 bits per heavy atom. The SMILES string of the molecule is N#Cc1cc(CNCCc2cccs2)ccc1F. The van der Waals surface area contributed by atoms with Gasteiger partial charge in [-0.1, -0.05) is 12.1 Å². The van der Waals surface area contributed by atoms with Crippen LogP contribution in [-0.4, -0.2) is 6.54 Å². The fourth-order valence-electron chi connectivity index (χ4n) is 1.67. The van der Waals surface area contributed by atoms with Crippen LogP contribution in [-0.2, 0) is 13.0 Å². The highest BCUT2D eigenvalue weighted by molar-refractivity contribution is 7.09. The van der Waals surface area contributed by atoms with E-state index in [1.54, 1.807) is 23.5 Å². The Balaban J connectivity index is 1.82. The summed E-state index contributed by atoms with van der Waals surface area (Å²) in [5.41, 5.74) is 1.03. The fraction of sp³-hybridized carbons (Fsp3) is 0.214. The van der Waals surface area contributed by atoms with Crippen LogP contribution in [0, 0.1) is 17.1 Å². The number of rotatable bonds is 5. The summed E-state index contributed by atoms with van der Waals surface area (Å²) in [4.78, 5) is 1.35. The van der Waals surface area contributed by atoms with Crippen LogP contribution in [0.3, 0.4) is 0 Å². The van der Waals surface area contributed by atoms with Crippen molar-refractivity contribution in [3.8, 4) is 6.07 Å². The zero-order valence-electron chi connectivity index (χ0n) is 9.82. The van der Waals surface area contributed by atoms with Crippen molar-refractivity contribution in [3.05, 3.63) is 57.5 Å². The number of benzene rings is 1. The Hall–Kier alpha value is -1.70. The molecule has 2 nitrogen and oxygen atoms in total. The van der Waals surface area contributed by atoms with Crippen molar-refractivity contribution in [2.75, 3.05) is 6.54 Å². The quantitative estimate of drug-likeness (QED) is 0.839. The lowest BCUT2D eigenvalue weighted by Gasteiger charge is -2.04. The van der Waals surface area contributed by atoms with Gasteiger partial charge in [0.15, 0.2) is 0 Å². The van der Waals surface area contributed by atoms with E-state index in [0.717, 1.165) is 18.5 Å². The molecule has 0 aliphatic heterocycles. The van der Waals surface area contributed by atoms with Crippen LogP contribution in [0.1, 0.15) is 16.0 Å². The van der Waals surface area contributed by atoms with Crippen molar-refractivity contribution in [2.24, 2.45) is 0 Å². The molecule has 2 rings (SSSR count). The van der Waals surface area contributed by atoms with E-state index in [0.29, 0.717) is 6.54 Å². The first-order valence-electron chi connectivity index (χ1n) is 5.71. The van der Waals surface area contributed by atoms with Crippen molar-refractivity contribution in [3.63, 3.8) is 0 Å². The van der Waals surface area contributed by atoms with Crippen LogP contribution in [0.4, 0.5) is 4.39 Å². The summed E-state index contributed by atoms with van der Waals surface area (Å²) in [5, 5.41) is 14.1. The van der Waals surface area contributed by atoms with Crippen LogP contribution >= 0.6 is 11.3 Å². The minimum atomic E-state index is -0.458. The second-order valence-corrected chi connectivity index (χ2v) is 4.96. The summed E-state index contributed by atoms with van der Waals surface area (Å²) in [6.07, 6.45) is 0.990. The lowest BCUT2D eigenvalue weighted by atomic mass is 10.1. The average molecular weight is 260 g/mol. The molecule has 92 valence electrons. The molecule has 0 bridgehead atoms.